The van der Waals surface area contributed by atoms with Crippen LogP contribution in [0.3, 0.4) is 0 Å². The maximum atomic E-state index is 11.9. The van der Waals surface area contributed by atoms with Crippen LogP contribution in [0.5, 0.6) is 0 Å². The van der Waals surface area contributed by atoms with Crippen LogP contribution in [0, 0.1) is 5.92 Å². The van der Waals surface area contributed by atoms with E-state index in [1.54, 1.807) is 0 Å². The van der Waals surface area contributed by atoms with Gasteiger partial charge in [-0.15, -0.1) is 11.6 Å². The fourth-order valence-corrected chi connectivity index (χ4v) is 2.44. The van der Waals surface area contributed by atoms with Gasteiger partial charge in [-0.2, -0.15) is 13.2 Å². The van der Waals surface area contributed by atoms with E-state index >= 15 is 0 Å². The molecule has 15 heavy (non-hydrogen) atoms. The van der Waals surface area contributed by atoms with E-state index < -0.39 is 12.6 Å². The predicted molar refractivity (Wildman–Crippen MR) is 55.1 cm³/mol. The number of halogens is 4. The Morgan fingerprint density at radius 3 is 2.60 bits per heavy atom. The van der Waals surface area contributed by atoms with E-state index in [9.17, 15) is 13.2 Å². The summed E-state index contributed by atoms with van der Waals surface area (Å²) in [5.41, 5.74) is 0. The third-order valence-electron chi connectivity index (χ3n) is 2.90. The van der Waals surface area contributed by atoms with Gasteiger partial charge < -0.3 is 5.32 Å². The molecule has 0 heterocycles. The first kappa shape index (κ1) is 13.1. The van der Waals surface area contributed by atoms with Crippen LogP contribution in [0.4, 0.5) is 13.2 Å². The summed E-state index contributed by atoms with van der Waals surface area (Å²) < 4.78 is 35.6. The number of rotatable bonds is 5. The molecule has 0 aromatic carbocycles. The first-order valence-corrected chi connectivity index (χ1v) is 5.92. The molecule has 5 heteroatoms. The lowest BCUT2D eigenvalue weighted by molar-refractivity contribution is -0.135. The van der Waals surface area contributed by atoms with Crippen molar-refractivity contribution >= 4 is 11.6 Å². The van der Waals surface area contributed by atoms with Crippen LogP contribution < -0.4 is 5.32 Å². The Hall–Kier alpha value is 0.0400. The third-order valence-corrected chi connectivity index (χ3v) is 3.30. The van der Waals surface area contributed by atoms with Crippen molar-refractivity contribution in [2.45, 2.75) is 44.3 Å². The van der Waals surface area contributed by atoms with Gasteiger partial charge in [0.15, 0.2) is 0 Å². The summed E-state index contributed by atoms with van der Waals surface area (Å²) in [5.74, 6) is 1.05. The molecule has 0 aromatic heterocycles. The van der Waals surface area contributed by atoms with Crippen molar-refractivity contribution in [3.63, 3.8) is 0 Å². The summed E-state index contributed by atoms with van der Waals surface area (Å²) in [4.78, 5) is 0. The molecule has 1 saturated carbocycles. The average Bonchev–Trinajstić information content (AvgIpc) is 2.58. The Bertz CT molecular complexity index is 184. The van der Waals surface area contributed by atoms with Gasteiger partial charge in [-0.3, -0.25) is 0 Å². The van der Waals surface area contributed by atoms with Gasteiger partial charge in [0.05, 0.1) is 0 Å². The molecule has 0 spiro atoms. The molecule has 2 unspecified atom stereocenters. The number of hydrogen-bond donors (Lipinski definition) is 1. The fraction of sp³-hybridized carbons (Fsp3) is 1.00. The van der Waals surface area contributed by atoms with Crippen molar-refractivity contribution in [2.24, 2.45) is 5.92 Å². The highest BCUT2D eigenvalue weighted by Gasteiger charge is 2.28. The maximum absolute atomic E-state index is 11.9. The van der Waals surface area contributed by atoms with Crippen molar-refractivity contribution in [1.82, 2.24) is 5.32 Å². The zero-order chi connectivity index (χ0) is 11.3. The van der Waals surface area contributed by atoms with E-state index in [4.69, 9.17) is 11.6 Å². The third kappa shape index (κ3) is 5.07. The van der Waals surface area contributed by atoms with Gasteiger partial charge in [-0.05, 0) is 31.7 Å². The number of nitrogens with one attached hydrogen (secondary N) is 1. The highest BCUT2D eigenvalue weighted by atomic mass is 35.5. The normalized spacial score (nSPS) is 27.2. The van der Waals surface area contributed by atoms with Gasteiger partial charge in [0.1, 0.15) is 0 Å². The molecule has 1 aliphatic carbocycles. The van der Waals surface area contributed by atoms with Gasteiger partial charge in [0.2, 0.25) is 0 Å². The van der Waals surface area contributed by atoms with Crippen molar-refractivity contribution in [1.29, 1.82) is 0 Å². The van der Waals surface area contributed by atoms with E-state index in [0.717, 1.165) is 19.3 Å². The van der Waals surface area contributed by atoms with E-state index in [0.29, 0.717) is 24.4 Å². The van der Waals surface area contributed by atoms with Gasteiger partial charge in [0, 0.05) is 18.3 Å². The van der Waals surface area contributed by atoms with Crippen LogP contribution in [-0.2, 0) is 0 Å². The molecule has 2 atom stereocenters. The summed E-state index contributed by atoms with van der Waals surface area (Å²) in [6, 6.07) is 0.329. The molecule has 0 saturated heterocycles. The largest absolute Gasteiger partial charge is 0.389 e. The molecule has 0 bridgehead atoms. The van der Waals surface area contributed by atoms with Crippen molar-refractivity contribution in [2.75, 3.05) is 12.4 Å². The Kier molecular flexibility index (Phi) is 5.19. The van der Waals surface area contributed by atoms with Gasteiger partial charge >= 0.3 is 6.18 Å². The predicted octanol–water partition coefficient (Wildman–Crippen LogP) is 3.33. The molecule has 1 N–H and O–H groups in total. The minimum atomic E-state index is -4.02. The standard InChI is InChI=1S/C10H17ClF3N/c11-7-8-3-1-4-9(8)15-6-2-5-10(12,13)14/h8-9,15H,1-7H2. The monoisotopic (exact) mass is 243 g/mol. The first-order valence-electron chi connectivity index (χ1n) is 5.39. The zero-order valence-electron chi connectivity index (χ0n) is 8.62. The second-order valence-corrected chi connectivity index (χ2v) is 4.43. The topological polar surface area (TPSA) is 12.0 Å². The molecule has 1 aliphatic rings. The van der Waals surface area contributed by atoms with E-state index in [1.165, 1.54) is 0 Å². The van der Waals surface area contributed by atoms with Crippen LogP contribution >= 0.6 is 11.6 Å². The van der Waals surface area contributed by atoms with Crippen molar-refractivity contribution < 1.29 is 13.2 Å². The smallest absolute Gasteiger partial charge is 0.314 e. The zero-order valence-corrected chi connectivity index (χ0v) is 9.37. The van der Waals surface area contributed by atoms with Gasteiger partial charge in [0.25, 0.3) is 0 Å². The minimum absolute atomic E-state index is 0.162. The number of alkyl halides is 4. The highest BCUT2D eigenvalue weighted by Crippen LogP contribution is 2.27. The molecular formula is C10H17ClF3N. The highest BCUT2D eigenvalue weighted by molar-refractivity contribution is 6.18. The Labute approximate surface area is 93.4 Å². The molecule has 0 aromatic rings. The Morgan fingerprint density at radius 2 is 2.00 bits per heavy atom. The van der Waals surface area contributed by atoms with Crippen molar-refractivity contribution in [3.05, 3.63) is 0 Å². The van der Waals surface area contributed by atoms with E-state index in [2.05, 4.69) is 5.32 Å². The summed E-state index contributed by atoms with van der Waals surface area (Å²) in [6.07, 6.45) is -1.28. The second kappa shape index (κ2) is 5.94. The van der Waals surface area contributed by atoms with Crippen molar-refractivity contribution in [3.8, 4) is 0 Å². The van der Waals surface area contributed by atoms with Gasteiger partial charge in [-0.1, -0.05) is 6.42 Å². The molecule has 90 valence electrons. The molecule has 1 nitrogen and oxygen atoms in total. The van der Waals surface area contributed by atoms with E-state index in [1.807, 2.05) is 0 Å². The molecule has 1 fully saturated rings. The molecule has 0 radical (unpaired) electrons. The van der Waals surface area contributed by atoms with Crippen LogP contribution in [0.1, 0.15) is 32.1 Å². The summed E-state index contributed by atoms with van der Waals surface area (Å²) >= 11 is 5.77. The Balaban J connectivity index is 2.09. The minimum Gasteiger partial charge on any atom is -0.314 e. The molecule has 1 rings (SSSR count). The first-order chi connectivity index (χ1) is 7.03. The van der Waals surface area contributed by atoms with Crippen LogP contribution in [-0.4, -0.2) is 24.6 Å². The van der Waals surface area contributed by atoms with E-state index in [-0.39, 0.29) is 6.42 Å². The van der Waals surface area contributed by atoms with Gasteiger partial charge in [-0.25, -0.2) is 0 Å². The molecule has 0 amide bonds. The second-order valence-electron chi connectivity index (χ2n) is 4.12. The quantitative estimate of drug-likeness (QED) is 0.577. The SMILES string of the molecule is FC(F)(F)CCCNC1CCCC1CCl. The van der Waals surface area contributed by atoms with Crippen LogP contribution in [0.2, 0.25) is 0 Å². The Morgan fingerprint density at radius 1 is 1.27 bits per heavy atom. The lowest BCUT2D eigenvalue weighted by Gasteiger charge is -2.18. The summed E-state index contributed by atoms with van der Waals surface area (Å²) in [5, 5.41) is 3.17. The van der Waals surface area contributed by atoms with Crippen LogP contribution in [0.25, 0.3) is 0 Å². The average molecular weight is 244 g/mol. The molecular weight excluding hydrogens is 227 g/mol. The number of hydrogen-bond acceptors (Lipinski definition) is 1. The fourth-order valence-electron chi connectivity index (χ4n) is 2.07. The lowest BCUT2D eigenvalue weighted by atomic mass is 10.1. The summed E-state index contributed by atoms with van der Waals surface area (Å²) in [6.45, 7) is 0.442. The van der Waals surface area contributed by atoms with Crippen LogP contribution in [0.15, 0.2) is 0 Å². The molecule has 0 aliphatic heterocycles. The summed E-state index contributed by atoms with van der Waals surface area (Å²) in [7, 11) is 0. The lowest BCUT2D eigenvalue weighted by Crippen LogP contribution is -2.34. The maximum Gasteiger partial charge on any atom is 0.389 e.